The fourth-order valence-electron chi connectivity index (χ4n) is 2.87. The summed E-state index contributed by atoms with van der Waals surface area (Å²) in [6, 6.07) is 8.27. The summed E-state index contributed by atoms with van der Waals surface area (Å²) in [4.78, 5) is 11.4. The lowest BCUT2D eigenvalue weighted by Gasteiger charge is -2.39. The van der Waals surface area contributed by atoms with E-state index < -0.39 is 0 Å². The highest BCUT2D eigenvalue weighted by Gasteiger charge is 2.34. The van der Waals surface area contributed by atoms with Gasteiger partial charge in [-0.2, -0.15) is 0 Å². The van der Waals surface area contributed by atoms with Gasteiger partial charge in [0.1, 0.15) is 5.75 Å². The third-order valence-electron chi connectivity index (χ3n) is 4.11. The van der Waals surface area contributed by atoms with Gasteiger partial charge in [-0.15, -0.1) is 0 Å². The first-order valence-corrected chi connectivity index (χ1v) is 7.21. The number of hydrogen-bond donors (Lipinski definition) is 2. The van der Waals surface area contributed by atoms with E-state index in [0.717, 1.165) is 18.6 Å². The molecule has 0 saturated heterocycles. The minimum atomic E-state index is -0.263. The Hall–Kier alpha value is -1.55. The summed E-state index contributed by atoms with van der Waals surface area (Å²) in [5.74, 6) is 1.41. The minimum absolute atomic E-state index is 0.220. The van der Waals surface area contributed by atoms with Crippen LogP contribution in [0.25, 0.3) is 0 Å². The van der Waals surface area contributed by atoms with Gasteiger partial charge in [-0.05, 0) is 36.3 Å². The highest BCUT2D eigenvalue weighted by Crippen LogP contribution is 2.41. The van der Waals surface area contributed by atoms with Crippen LogP contribution in [0.1, 0.15) is 38.2 Å². The SMILES string of the molecule is COc1ccccc1C1CC(NC(C(N)=O)C(C)C)C1. The van der Waals surface area contributed by atoms with Gasteiger partial charge in [0.15, 0.2) is 0 Å². The van der Waals surface area contributed by atoms with Gasteiger partial charge in [0.25, 0.3) is 0 Å². The first kappa shape index (κ1) is 14.9. The van der Waals surface area contributed by atoms with E-state index in [1.807, 2.05) is 32.0 Å². The van der Waals surface area contributed by atoms with Crippen LogP contribution in [-0.4, -0.2) is 25.1 Å². The summed E-state index contributed by atoms with van der Waals surface area (Å²) >= 11 is 0. The Bertz CT molecular complexity index is 467. The number of methoxy groups -OCH3 is 1. The molecule has 1 saturated carbocycles. The predicted molar refractivity (Wildman–Crippen MR) is 79.7 cm³/mol. The average molecular weight is 276 g/mol. The molecule has 4 heteroatoms. The van der Waals surface area contributed by atoms with Crippen molar-refractivity contribution in [1.29, 1.82) is 0 Å². The van der Waals surface area contributed by atoms with Gasteiger partial charge in [0.2, 0.25) is 5.91 Å². The summed E-state index contributed by atoms with van der Waals surface area (Å²) < 4.78 is 5.40. The monoisotopic (exact) mass is 276 g/mol. The van der Waals surface area contributed by atoms with Crippen LogP contribution in [0.5, 0.6) is 5.75 Å². The molecule has 4 nitrogen and oxygen atoms in total. The number of carbonyl (C=O) groups is 1. The topological polar surface area (TPSA) is 64.3 Å². The van der Waals surface area contributed by atoms with Crippen molar-refractivity contribution in [3.8, 4) is 5.75 Å². The number of nitrogens with one attached hydrogen (secondary N) is 1. The van der Waals surface area contributed by atoms with Crippen molar-refractivity contribution < 1.29 is 9.53 Å². The molecule has 110 valence electrons. The molecular formula is C16H24N2O2. The fraction of sp³-hybridized carbons (Fsp3) is 0.562. The van der Waals surface area contributed by atoms with Crippen molar-refractivity contribution in [2.75, 3.05) is 7.11 Å². The third kappa shape index (κ3) is 3.12. The molecule has 1 atom stereocenters. The molecule has 1 aliphatic carbocycles. The predicted octanol–water partition coefficient (Wildman–Crippen LogP) is 2.04. The largest absolute Gasteiger partial charge is 0.496 e. The molecule has 1 fully saturated rings. The lowest BCUT2D eigenvalue weighted by Crippen LogP contribution is -2.53. The van der Waals surface area contributed by atoms with Crippen molar-refractivity contribution in [1.82, 2.24) is 5.32 Å². The van der Waals surface area contributed by atoms with Gasteiger partial charge in [0.05, 0.1) is 13.2 Å². The smallest absolute Gasteiger partial charge is 0.234 e. The second-order valence-corrected chi connectivity index (χ2v) is 5.90. The zero-order chi connectivity index (χ0) is 14.7. The van der Waals surface area contributed by atoms with E-state index in [1.54, 1.807) is 7.11 Å². The Balaban J connectivity index is 1.93. The first-order chi connectivity index (χ1) is 9.52. The number of hydrogen-bond acceptors (Lipinski definition) is 3. The molecule has 20 heavy (non-hydrogen) atoms. The van der Waals surface area contributed by atoms with Crippen LogP contribution in [0.15, 0.2) is 24.3 Å². The van der Waals surface area contributed by atoms with Gasteiger partial charge in [-0.25, -0.2) is 0 Å². The Kier molecular flexibility index (Phi) is 4.65. The molecule has 1 unspecified atom stereocenters. The van der Waals surface area contributed by atoms with E-state index in [4.69, 9.17) is 10.5 Å². The molecule has 0 spiro atoms. The van der Waals surface area contributed by atoms with E-state index in [-0.39, 0.29) is 17.9 Å². The second kappa shape index (κ2) is 6.27. The van der Waals surface area contributed by atoms with Crippen LogP contribution in [0.3, 0.4) is 0 Å². The fourth-order valence-corrected chi connectivity index (χ4v) is 2.87. The maximum Gasteiger partial charge on any atom is 0.234 e. The van der Waals surface area contributed by atoms with Crippen molar-refractivity contribution in [2.45, 2.75) is 44.7 Å². The van der Waals surface area contributed by atoms with E-state index >= 15 is 0 Å². The van der Waals surface area contributed by atoms with Crippen LogP contribution in [0.2, 0.25) is 0 Å². The van der Waals surface area contributed by atoms with Crippen molar-refractivity contribution in [3.63, 3.8) is 0 Å². The van der Waals surface area contributed by atoms with Crippen LogP contribution in [0.4, 0.5) is 0 Å². The van der Waals surface area contributed by atoms with Gasteiger partial charge < -0.3 is 15.8 Å². The van der Waals surface area contributed by atoms with Crippen molar-refractivity contribution >= 4 is 5.91 Å². The minimum Gasteiger partial charge on any atom is -0.496 e. The van der Waals surface area contributed by atoms with Gasteiger partial charge in [0, 0.05) is 6.04 Å². The van der Waals surface area contributed by atoms with E-state index in [1.165, 1.54) is 5.56 Å². The Morgan fingerprint density at radius 1 is 1.35 bits per heavy atom. The third-order valence-corrected chi connectivity index (χ3v) is 4.11. The summed E-state index contributed by atoms with van der Waals surface area (Å²) in [6.07, 6.45) is 2.05. The van der Waals surface area contributed by atoms with Gasteiger partial charge >= 0.3 is 0 Å². The molecule has 0 heterocycles. The second-order valence-electron chi connectivity index (χ2n) is 5.90. The zero-order valence-corrected chi connectivity index (χ0v) is 12.4. The molecule has 1 aromatic rings. The van der Waals surface area contributed by atoms with Crippen LogP contribution < -0.4 is 15.8 Å². The van der Waals surface area contributed by atoms with E-state index in [2.05, 4.69) is 11.4 Å². The molecule has 0 aromatic heterocycles. The van der Waals surface area contributed by atoms with E-state index in [9.17, 15) is 4.79 Å². The number of primary amides is 1. The highest BCUT2D eigenvalue weighted by molar-refractivity contribution is 5.80. The molecule has 0 aliphatic heterocycles. The molecule has 1 aliphatic rings. The first-order valence-electron chi connectivity index (χ1n) is 7.21. The lowest BCUT2D eigenvalue weighted by atomic mass is 9.75. The maximum absolute atomic E-state index is 11.4. The normalized spacial score (nSPS) is 23.2. The van der Waals surface area contributed by atoms with Crippen molar-refractivity contribution in [2.24, 2.45) is 11.7 Å². The average Bonchev–Trinajstić information content (AvgIpc) is 2.36. The van der Waals surface area contributed by atoms with E-state index in [0.29, 0.717) is 12.0 Å². The Labute approximate surface area is 120 Å². The van der Waals surface area contributed by atoms with Crippen LogP contribution in [0, 0.1) is 5.92 Å². The summed E-state index contributed by atoms with van der Waals surface area (Å²) in [7, 11) is 1.70. The highest BCUT2D eigenvalue weighted by atomic mass is 16.5. The summed E-state index contributed by atoms with van der Waals surface area (Å²) in [6.45, 7) is 4.03. The van der Waals surface area contributed by atoms with Crippen LogP contribution >= 0.6 is 0 Å². The number of para-hydroxylation sites is 1. The number of ether oxygens (including phenoxy) is 1. The molecule has 3 N–H and O–H groups in total. The molecule has 0 radical (unpaired) electrons. The number of amides is 1. The number of benzene rings is 1. The van der Waals surface area contributed by atoms with Crippen molar-refractivity contribution in [3.05, 3.63) is 29.8 Å². The Morgan fingerprint density at radius 2 is 2.00 bits per heavy atom. The summed E-state index contributed by atoms with van der Waals surface area (Å²) in [5.41, 5.74) is 6.69. The number of carbonyl (C=O) groups excluding carboxylic acids is 1. The number of rotatable bonds is 6. The zero-order valence-electron chi connectivity index (χ0n) is 12.4. The Morgan fingerprint density at radius 3 is 2.55 bits per heavy atom. The quantitative estimate of drug-likeness (QED) is 0.835. The molecule has 2 rings (SSSR count). The lowest BCUT2D eigenvalue weighted by molar-refractivity contribution is -0.121. The summed E-state index contributed by atoms with van der Waals surface area (Å²) in [5, 5.41) is 3.37. The van der Waals surface area contributed by atoms with Crippen LogP contribution in [-0.2, 0) is 4.79 Å². The molecule has 1 aromatic carbocycles. The molecular weight excluding hydrogens is 252 g/mol. The molecule has 0 bridgehead atoms. The molecule has 1 amide bonds. The standard InChI is InChI=1S/C16H24N2O2/c1-10(2)15(16(17)19)18-12-8-11(9-12)13-6-4-5-7-14(13)20-3/h4-7,10-12,15,18H,8-9H2,1-3H3,(H2,17,19). The van der Waals surface area contributed by atoms with Gasteiger partial charge in [-0.3, -0.25) is 4.79 Å². The maximum atomic E-state index is 11.4. The number of nitrogens with two attached hydrogens (primary N) is 1. The van der Waals surface area contributed by atoms with Gasteiger partial charge in [-0.1, -0.05) is 32.0 Å².